The van der Waals surface area contributed by atoms with Crippen LogP contribution in [0.1, 0.15) is 53.4 Å². The van der Waals surface area contributed by atoms with Crippen LogP contribution in [0.4, 0.5) is 0 Å². The van der Waals surface area contributed by atoms with Crippen molar-refractivity contribution in [3.63, 3.8) is 0 Å². The van der Waals surface area contributed by atoms with Gasteiger partial charge in [0.2, 0.25) is 0 Å². The first kappa shape index (κ1) is 12.0. The van der Waals surface area contributed by atoms with Crippen molar-refractivity contribution in [3.8, 4) is 0 Å². The molecule has 0 radical (unpaired) electrons. The molecule has 2 saturated heterocycles. The zero-order valence-corrected chi connectivity index (χ0v) is 11.9. The van der Waals surface area contributed by atoms with Gasteiger partial charge in [0, 0.05) is 18.1 Å². The molecule has 2 aliphatic heterocycles. The van der Waals surface area contributed by atoms with Gasteiger partial charge in [-0.3, -0.25) is 0 Å². The van der Waals surface area contributed by atoms with Gasteiger partial charge >= 0.3 is 0 Å². The van der Waals surface area contributed by atoms with Crippen molar-refractivity contribution in [2.24, 2.45) is 10.8 Å². The molecule has 0 bridgehead atoms. The number of nitrogens with one attached hydrogen (secondary N) is 1. The van der Waals surface area contributed by atoms with Crippen LogP contribution in [0.2, 0.25) is 0 Å². The van der Waals surface area contributed by atoms with E-state index in [0.29, 0.717) is 10.8 Å². The summed E-state index contributed by atoms with van der Waals surface area (Å²) in [6.07, 6.45) is 5.62. The van der Waals surface area contributed by atoms with Crippen LogP contribution in [0.5, 0.6) is 0 Å². The van der Waals surface area contributed by atoms with Gasteiger partial charge in [0.25, 0.3) is 0 Å². The van der Waals surface area contributed by atoms with Crippen LogP contribution in [0, 0.1) is 10.8 Å². The van der Waals surface area contributed by atoms with Gasteiger partial charge in [-0.15, -0.1) is 0 Å². The minimum atomic E-state index is 0.486. The molecular formula is C15H28N2. The Morgan fingerprint density at radius 1 is 1.00 bits per heavy atom. The maximum atomic E-state index is 3.96. The summed E-state index contributed by atoms with van der Waals surface area (Å²) in [6.45, 7) is 12.3. The molecule has 3 aliphatic rings. The van der Waals surface area contributed by atoms with Crippen molar-refractivity contribution in [1.82, 2.24) is 10.2 Å². The molecule has 0 aromatic rings. The van der Waals surface area contributed by atoms with E-state index in [0.717, 1.165) is 18.1 Å². The Labute approximate surface area is 106 Å². The van der Waals surface area contributed by atoms with Crippen molar-refractivity contribution in [2.75, 3.05) is 13.1 Å². The number of fused-ring (bicyclic) bond motifs is 1. The van der Waals surface area contributed by atoms with Gasteiger partial charge in [-0.25, -0.2) is 0 Å². The van der Waals surface area contributed by atoms with Gasteiger partial charge in [-0.1, -0.05) is 27.7 Å². The van der Waals surface area contributed by atoms with Crippen molar-refractivity contribution >= 4 is 0 Å². The Hall–Kier alpha value is -0.0800. The van der Waals surface area contributed by atoms with Crippen molar-refractivity contribution in [3.05, 3.63) is 0 Å². The second-order valence-corrected chi connectivity index (χ2v) is 7.60. The minimum Gasteiger partial charge on any atom is -0.310 e. The second-order valence-electron chi connectivity index (χ2n) is 7.60. The van der Waals surface area contributed by atoms with Crippen molar-refractivity contribution in [2.45, 2.75) is 71.5 Å². The Morgan fingerprint density at radius 3 is 2.35 bits per heavy atom. The predicted octanol–water partition coefficient (Wildman–Crippen LogP) is 2.64. The van der Waals surface area contributed by atoms with E-state index in [1.54, 1.807) is 0 Å². The van der Waals surface area contributed by atoms with Crippen LogP contribution in [0.25, 0.3) is 0 Å². The summed E-state index contributed by atoms with van der Waals surface area (Å²) in [6, 6.07) is 2.40. The number of hydrogen-bond donors (Lipinski definition) is 1. The highest BCUT2D eigenvalue weighted by molar-refractivity contribution is 5.18. The monoisotopic (exact) mass is 236 g/mol. The lowest BCUT2D eigenvalue weighted by molar-refractivity contribution is 0.163. The minimum absolute atomic E-state index is 0.486. The molecule has 2 nitrogen and oxygen atoms in total. The summed E-state index contributed by atoms with van der Waals surface area (Å²) in [4.78, 5) is 2.71. The van der Waals surface area contributed by atoms with E-state index >= 15 is 0 Å². The van der Waals surface area contributed by atoms with Crippen LogP contribution < -0.4 is 5.32 Å². The molecule has 0 aromatic carbocycles. The number of hydrogen-bond acceptors (Lipinski definition) is 2. The quantitative estimate of drug-likeness (QED) is 0.793. The molecule has 0 spiro atoms. The fourth-order valence-electron chi connectivity index (χ4n) is 4.22. The van der Waals surface area contributed by atoms with E-state index in [1.807, 2.05) is 0 Å². The van der Waals surface area contributed by atoms with Crippen LogP contribution in [-0.4, -0.2) is 36.1 Å². The Bertz CT molecular complexity index is 294. The number of piperidine rings is 1. The van der Waals surface area contributed by atoms with E-state index in [1.165, 1.54) is 38.8 Å². The maximum absolute atomic E-state index is 3.96. The topological polar surface area (TPSA) is 15.3 Å². The standard InChI is InChI=1S/C15H28N2/c1-14(2)13(15(14,3)4)16-11-7-9-17-8-5-6-12(17)10-11/h11-13,16H,5-10H2,1-4H3. The summed E-state index contributed by atoms with van der Waals surface area (Å²) in [5.74, 6) is 0. The molecule has 3 fully saturated rings. The van der Waals surface area contributed by atoms with Gasteiger partial charge in [0.15, 0.2) is 0 Å². The maximum Gasteiger partial charge on any atom is 0.0183 e. The first-order valence-electron chi connectivity index (χ1n) is 7.43. The van der Waals surface area contributed by atoms with E-state index in [9.17, 15) is 0 Å². The summed E-state index contributed by atoms with van der Waals surface area (Å²) < 4.78 is 0. The zero-order chi connectivity index (χ0) is 12.3. The highest BCUT2D eigenvalue weighted by Gasteiger charge is 2.65. The molecule has 1 saturated carbocycles. The fourth-order valence-corrected chi connectivity index (χ4v) is 4.22. The summed E-state index contributed by atoms with van der Waals surface area (Å²) in [5.41, 5.74) is 0.972. The molecule has 98 valence electrons. The normalized spacial score (nSPS) is 40.2. The zero-order valence-electron chi connectivity index (χ0n) is 11.9. The van der Waals surface area contributed by atoms with Crippen LogP contribution >= 0.6 is 0 Å². The average molecular weight is 236 g/mol. The Morgan fingerprint density at radius 2 is 1.71 bits per heavy atom. The largest absolute Gasteiger partial charge is 0.310 e. The predicted molar refractivity (Wildman–Crippen MR) is 72.1 cm³/mol. The van der Waals surface area contributed by atoms with Crippen LogP contribution in [-0.2, 0) is 0 Å². The fraction of sp³-hybridized carbons (Fsp3) is 1.00. The van der Waals surface area contributed by atoms with Gasteiger partial charge < -0.3 is 10.2 Å². The van der Waals surface area contributed by atoms with Crippen LogP contribution in [0.15, 0.2) is 0 Å². The van der Waals surface area contributed by atoms with Gasteiger partial charge in [-0.05, 0) is 49.6 Å². The van der Waals surface area contributed by atoms with Gasteiger partial charge in [0.05, 0.1) is 0 Å². The molecule has 2 heteroatoms. The molecule has 0 aromatic heterocycles. The molecule has 1 aliphatic carbocycles. The molecule has 0 amide bonds. The third-order valence-electron chi connectivity index (χ3n) is 6.24. The molecule has 2 heterocycles. The molecule has 17 heavy (non-hydrogen) atoms. The van der Waals surface area contributed by atoms with Crippen molar-refractivity contribution < 1.29 is 0 Å². The van der Waals surface area contributed by atoms with E-state index in [-0.39, 0.29) is 0 Å². The molecule has 2 atom stereocenters. The average Bonchev–Trinajstić information content (AvgIpc) is 2.67. The number of nitrogens with zero attached hydrogens (tertiary/aromatic N) is 1. The third-order valence-corrected chi connectivity index (χ3v) is 6.24. The second kappa shape index (κ2) is 3.71. The van der Waals surface area contributed by atoms with Gasteiger partial charge in [0.1, 0.15) is 0 Å². The first-order valence-corrected chi connectivity index (χ1v) is 7.43. The Balaban J connectivity index is 1.57. The lowest BCUT2D eigenvalue weighted by Gasteiger charge is -2.35. The van der Waals surface area contributed by atoms with Gasteiger partial charge in [-0.2, -0.15) is 0 Å². The van der Waals surface area contributed by atoms with Crippen molar-refractivity contribution in [1.29, 1.82) is 0 Å². The Kier molecular flexibility index (Phi) is 2.61. The SMILES string of the molecule is CC1(C)C(NC2CCN3CCCC3C2)C1(C)C. The van der Waals surface area contributed by atoms with E-state index in [2.05, 4.69) is 37.9 Å². The summed E-state index contributed by atoms with van der Waals surface area (Å²) in [7, 11) is 0. The molecule has 2 unspecified atom stereocenters. The third kappa shape index (κ3) is 1.76. The lowest BCUT2D eigenvalue weighted by Crippen LogP contribution is -2.47. The van der Waals surface area contributed by atoms with Crippen LogP contribution in [0.3, 0.4) is 0 Å². The summed E-state index contributed by atoms with van der Waals surface area (Å²) >= 11 is 0. The molecule has 3 rings (SSSR count). The van der Waals surface area contributed by atoms with E-state index in [4.69, 9.17) is 0 Å². The number of rotatable bonds is 2. The summed E-state index contributed by atoms with van der Waals surface area (Å²) in [5, 5.41) is 3.96. The highest BCUT2D eigenvalue weighted by Crippen LogP contribution is 2.62. The van der Waals surface area contributed by atoms with E-state index < -0.39 is 0 Å². The molecular weight excluding hydrogens is 208 g/mol. The first-order chi connectivity index (χ1) is 7.93. The highest BCUT2D eigenvalue weighted by atomic mass is 15.2. The lowest BCUT2D eigenvalue weighted by atomic mass is 9.97. The molecule has 1 N–H and O–H groups in total. The smallest absolute Gasteiger partial charge is 0.0183 e.